The van der Waals surface area contributed by atoms with Gasteiger partial charge < -0.3 is 14.8 Å². The van der Waals surface area contributed by atoms with Crippen molar-refractivity contribution < 1.29 is 18.7 Å². The zero-order chi connectivity index (χ0) is 15.9. The van der Waals surface area contributed by atoms with Crippen molar-refractivity contribution in [3.63, 3.8) is 0 Å². The summed E-state index contributed by atoms with van der Waals surface area (Å²) in [5, 5.41) is 2.75. The Balaban J connectivity index is 1.84. The van der Waals surface area contributed by atoms with E-state index < -0.39 is 6.10 Å². The molecule has 22 heavy (non-hydrogen) atoms. The minimum Gasteiger partial charge on any atom is -0.497 e. The van der Waals surface area contributed by atoms with E-state index >= 15 is 0 Å². The first-order valence-corrected chi connectivity index (χ1v) is 6.91. The normalized spacial score (nSPS) is 11.6. The van der Waals surface area contributed by atoms with E-state index in [2.05, 4.69) is 5.32 Å². The highest BCUT2D eigenvalue weighted by Crippen LogP contribution is 2.18. The van der Waals surface area contributed by atoms with Crippen molar-refractivity contribution in [3.8, 4) is 11.5 Å². The van der Waals surface area contributed by atoms with E-state index in [1.165, 1.54) is 12.1 Å². The summed E-state index contributed by atoms with van der Waals surface area (Å²) in [5.74, 6) is 0.775. The molecule has 2 aromatic carbocycles. The summed E-state index contributed by atoms with van der Waals surface area (Å²) >= 11 is 0. The van der Waals surface area contributed by atoms with E-state index in [9.17, 15) is 9.18 Å². The molecule has 0 aliphatic rings. The number of rotatable bonds is 6. The molecule has 0 aromatic heterocycles. The van der Waals surface area contributed by atoms with Gasteiger partial charge in [0.05, 0.1) is 7.11 Å². The van der Waals surface area contributed by atoms with Crippen LogP contribution in [0.4, 0.5) is 4.39 Å². The summed E-state index contributed by atoms with van der Waals surface area (Å²) in [6, 6.07) is 13.0. The Morgan fingerprint density at radius 1 is 1.09 bits per heavy atom. The first kappa shape index (κ1) is 15.8. The Hall–Kier alpha value is -2.56. The molecular formula is C17H18FNO3. The highest BCUT2D eigenvalue weighted by atomic mass is 19.1. The monoisotopic (exact) mass is 303 g/mol. The highest BCUT2D eigenvalue weighted by Gasteiger charge is 2.14. The molecule has 2 aromatic rings. The van der Waals surface area contributed by atoms with Crippen LogP contribution in [0.2, 0.25) is 0 Å². The van der Waals surface area contributed by atoms with Gasteiger partial charge in [-0.3, -0.25) is 4.79 Å². The molecular weight excluding hydrogens is 285 g/mol. The third kappa shape index (κ3) is 4.48. The SMILES string of the molecule is COc1ccc(O[C@@H](C)C(=O)NCc2ccc(F)cc2)cc1. The molecule has 0 radical (unpaired) electrons. The lowest BCUT2D eigenvalue weighted by Gasteiger charge is -2.15. The molecule has 5 heteroatoms. The van der Waals surface area contributed by atoms with Crippen LogP contribution in [0, 0.1) is 5.82 Å². The summed E-state index contributed by atoms with van der Waals surface area (Å²) < 4.78 is 23.4. The van der Waals surface area contributed by atoms with Crippen LogP contribution < -0.4 is 14.8 Å². The topological polar surface area (TPSA) is 47.6 Å². The second kappa shape index (κ2) is 7.45. The summed E-state index contributed by atoms with van der Waals surface area (Å²) in [5.41, 5.74) is 0.825. The largest absolute Gasteiger partial charge is 0.497 e. The molecule has 0 unspecified atom stereocenters. The lowest BCUT2D eigenvalue weighted by Crippen LogP contribution is -2.35. The van der Waals surface area contributed by atoms with Gasteiger partial charge in [0.2, 0.25) is 0 Å². The van der Waals surface area contributed by atoms with Crippen molar-refractivity contribution in [1.82, 2.24) is 5.32 Å². The Morgan fingerprint density at radius 3 is 2.27 bits per heavy atom. The second-order valence-corrected chi connectivity index (χ2v) is 4.78. The van der Waals surface area contributed by atoms with Gasteiger partial charge in [-0.15, -0.1) is 0 Å². The fourth-order valence-electron chi connectivity index (χ4n) is 1.85. The summed E-state index contributed by atoms with van der Waals surface area (Å²) in [6.07, 6.45) is -0.631. The zero-order valence-electron chi connectivity index (χ0n) is 12.5. The summed E-state index contributed by atoms with van der Waals surface area (Å²) in [7, 11) is 1.58. The van der Waals surface area contributed by atoms with Gasteiger partial charge in [-0.2, -0.15) is 0 Å². The van der Waals surface area contributed by atoms with Gasteiger partial charge in [0, 0.05) is 6.54 Å². The number of benzene rings is 2. The van der Waals surface area contributed by atoms with Crippen LogP contribution in [-0.2, 0) is 11.3 Å². The van der Waals surface area contributed by atoms with E-state index in [4.69, 9.17) is 9.47 Å². The Bertz CT molecular complexity index is 611. The van der Waals surface area contributed by atoms with Gasteiger partial charge in [0.15, 0.2) is 6.10 Å². The maximum atomic E-state index is 12.8. The molecule has 0 saturated carbocycles. The fourth-order valence-corrected chi connectivity index (χ4v) is 1.85. The standard InChI is InChI=1S/C17H18FNO3/c1-12(22-16-9-7-15(21-2)8-10-16)17(20)19-11-13-3-5-14(18)6-4-13/h3-10,12H,11H2,1-2H3,(H,19,20)/t12-/m0/s1. The lowest BCUT2D eigenvalue weighted by molar-refractivity contribution is -0.127. The number of carbonyl (C=O) groups excluding carboxylic acids is 1. The number of halogens is 1. The number of hydrogen-bond donors (Lipinski definition) is 1. The maximum Gasteiger partial charge on any atom is 0.261 e. The number of carbonyl (C=O) groups is 1. The zero-order valence-corrected chi connectivity index (χ0v) is 12.5. The van der Waals surface area contributed by atoms with Crippen LogP contribution in [0.1, 0.15) is 12.5 Å². The van der Waals surface area contributed by atoms with Crippen molar-refractivity contribution in [3.05, 3.63) is 59.9 Å². The van der Waals surface area contributed by atoms with Crippen molar-refractivity contribution in [1.29, 1.82) is 0 Å². The molecule has 0 heterocycles. The van der Waals surface area contributed by atoms with Crippen LogP contribution >= 0.6 is 0 Å². The number of ether oxygens (including phenoxy) is 2. The predicted molar refractivity (Wildman–Crippen MR) is 81.3 cm³/mol. The van der Waals surface area contributed by atoms with E-state index in [1.54, 1.807) is 50.4 Å². The minimum atomic E-state index is -0.631. The highest BCUT2D eigenvalue weighted by molar-refractivity contribution is 5.80. The summed E-state index contributed by atoms with van der Waals surface area (Å²) in [6.45, 7) is 2.00. The van der Waals surface area contributed by atoms with Gasteiger partial charge in [0.1, 0.15) is 17.3 Å². The molecule has 0 fully saturated rings. The third-order valence-corrected chi connectivity index (χ3v) is 3.12. The average molecular weight is 303 g/mol. The molecule has 0 saturated heterocycles. The van der Waals surface area contributed by atoms with E-state index in [0.717, 1.165) is 11.3 Å². The van der Waals surface area contributed by atoms with Gasteiger partial charge in [0.25, 0.3) is 5.91 Å². The molecule has 2 rings (SSSR count). The van der Waals surface area contributed by atoms with Crippen LogP contribution in [0.25, 0.3) is 0 Å². The van der Waals surface area contributed by atoms with Crippen LogP contribution in [-0.4, -0.2) is 19.1 Å². The van der Waals surface area contributed by atoms with Crippen LogP contribution in [0.5, 0.6) is 11.5 Å². The van der Waals surface area contributed by atoms with E-state index in [0.29, 0.717) is 12.3 Å². The number of nitrogens with one attached hydrogen (secondary N) is 1. The van der Waals surface area contributed by atoms with Gasteiger partial charge >= 0.3 is 0 Å². The van der Waals surface area contributed by atoms with Crippen molar-refractivity contribution in [2.45, 2.75) is 19.6 Å². The Morgan fingerprint density at radius 2 is 1.68 bits per heavy atom. The molecule has 0 spiro atoms. The molecule has 0 aliphatic heterocycles. The first-order chi connectivity index (χ1) is 10.6. The van der Waals surface area contributed by atoms with E-state index in [1.807, 2.05) is 0 Å². The number of methoxy groups -OCH3 is 1. The van der Waals surface area contributed by atoms with Crippen LogP contribution in [0.3, 0.4) is 0 Å². The van der Waals surface area contributed by atoms with Crippen molar-refractivity contribution in [2.24, 2.45) is 0 Å². The molecule has 0 aliphatic carbocycles. The minimum absolute atomic E-state index is 0.236. The van der Waals surface area contributed by atoms with Gasteiger partial charge in [-0.1, -0.05) is 12.1 Å². The molecule has 1 atom stereocenters. The Kier molecular flexibility index (Phi) is 5.36. The number of amides is 1. The Labute approximate surface area is 128 Å². The smallest absolute Gasteiger partial charge is 0.261 e. The van der Waals surface area contributed by atoms with Crippen molar-refractivity contribution >= 4 is 5.91 Å². The fraction of sp³-hybridized carbons (Fsp3) is 0.235. The third-order valence-electron chi connectivity index (χ3n) is 3.12. The quantitative estimate of drug-likeness (QED) is 0.892. The maximum absolute atomic E-state index is 12.8. The van der Waals surface area contributed by atoms with Crippen molar-refractivity contribution in [2.75, 3.05) is 7.11 Å². The number of hydrogen-bond acceptors (Lipinski definition) is 3. The lowest BCUT2D eigenvalue weighted by atomic mass is 10.2. The second-order valence-electron chi connectivity index (χ2n) is 4.78. The summed E-state index contributed by atoms with van der Waals surface area (Å²) in [4.78, 5) is 12.0. The van der Waals surface area contributed by atoms with Gasteiger partial charge in [-0.25, -0.2) is 4.39 Å². The van der Waals surface area contributed by atoms with E-state index in [-0.39, 0.29) is 11.7 Å². The van der Waals surface area contributed by atoms with Crippen LogP contribution in [0.15, 0.2) is 48.5 Å². The molecule has 1 amide bonds. The first-order valence-electron chi connectivity index (χ1n) is 6.91. The molecule has 1 N–H and O–H groups in total. The van der Waals surface area contributed by atoms with Gasteiger partial charge in [-0.05, 0) is 48.9 Å². The average Bonchev–Trinajstić information content (AvgIpc) is 2.54. The molecule has 0 bridgehead atoms. The molecule has 116 valence electrons. The predicted octanol–water partition coefficient (Wildman–Crippen LogP) is 2.92. The molecule has 4 nitrogen and oxygen atoms in total.